The molecule has 0 bridgehead atoms. The fourth-order valence-electron chi connectivity index (χ4n) is 3.27. The van der Waals surface area contributed by atoms with Gasteiger partial charge in [-0.15, -0.1) is 0 Å². The molecule has 2 nitrogen and oxygen atoms in total. The van der Waals surface area contributed by atoms with E-state index in [2.05, 4.69) is 38.2 Å². The Labute approximate surface area is 111 Å². The van der Waals surface area contributed by atoms with Gasteiger partial charge >= 0.3 is 0 Å². The first-order chi connectivity index (χ1) is 8.63. The van der Waals surface area contributed by atoms with E-state index in [1.54, 1.807) is 0 Å². The van der Waals surface area contributed by atoms with Crippen molar-refractivity contribution in [3.05, 3.63) is 34.4 Å². The smallest absolute Gasteiger partial charge is 0.0870 e. The monoisotopic (exact) mass is 247 g/mol. The summed E-state index contributed by atoms with van der Waals surface area (Å²) in [6, 6.07) is 4.55. The highest BCUT2D eigenvalue weighted by molar-refractivity contribution is 5.39. The number of nitrogens with one attached hydrogen (secondary N) is 1. The fourth-order valence-corrected chi connectivity index (χ4v) is 3.27. The Morgan fingerprint density at radius 1 is 1.22 bits per heavy atom. The number of rotatable bonds is 3. The third-order valence-electron chi connectivity index (χ3n) is 3.93. The van der Waals surface area contributed by atoms with Crippen molar-refractivity contribution >= 4 is 0 Å². The molecule has 2 atom stereocenters. The van der Waals surface area contributed by atoms with Gasteiger partial charge < -0.3 is 10.1 Å². The summed E-state index contributed by atoms with van der Waals surface area (Å²) in [6.07, 6.45) is 2.72. The number of hydrogen-bond donors (Lipinski definition) is 1. The highest BCUT2D eigenvalue weighted by atomic mass is 16.5. The van der Waals surface area contributed by atoms with Gasteiger partial charge in [-0.1, -0.05) is 17.7 Å². The van der Waals surface area contributed by atoms with Crippen LogP contribution in [0.25, 0.3) is 0 Å². The molecule has 18 heavy (non-hydrogen) atoms. The molecule has 1 N–H and O–H groups in total. The molecule has 1 aliphatic rings. The van der Waals surface area contributed by atoms with Crippen LogP contribution >= 0.6 is 0 Å². The topological polar surface area (TPSA) is 21.3 Å². The Morgan fingerprint density at radius 3 is 2.50 bits per heavy atom. The summed E-state index contributed by atoms with van der Waals surface area (Å²) in [5, 5.41) is 3.31. The Bertz CT molecular complexity index is 389. The molecular weight excluding hydrogens is 222 g/mol. The molecule has 1 heterocycles. The minimum atomic E-state index is 0.270. The fraction of sp³-hybridized carbons (Fsp3) is 0.625. The van der Waals surface area contributed by atoms with Gasteiger partial charge in [0.2, 0.25) is 0 Å². The predicted octanol–water partition coefficient (Wildman–Crippen LogP) is 3.30. The van der Waals surface area contributed by atoms with Gasteiger partial charge in [-0.25, -0.2) is 0 Å². The Balaban J connectivity index is 2.33. The second kappa shape index (κ2) is 5.85. The first-order valence-electron chi connectivity index (χ1n) is 6.97. The quantitative estimate of drug-likeness (QED) is 0.885. The molecule has 1 aromatic carbocycles. The zero-order valence-electron chi connectivity index (χ0n) is 12.0. The summed E-state index contributed by atoms with van der Waals surface area (Å²) in [4.78, 5) is 0. The molecule has 2 rings (SSSR count). The molecule has 0 saturated carbocycles. The summed E-state index contributed by atoms with van der Waals surface area (Å²) in [6.45, 7) is 8.53. The maximum atomic E-state index is 6.09. The molecule has 0 spiro atoms. The lowest BCUT2D eigenvalue weighted by atomic mass is 9.84. The number of aryl methyl sites for hydroxylation is 3. The number of benzene rings is 1. The van der Waals surface area contributed by atoms with E-state index >= 15 is 0 Å². The molecule has 0 amide bonds. The van der Waals surface area contributed by atoms with E-state index in [9.17, 15) is 0 Å². The van der Waals surface area contributed by atoms with Crippen LogP contribution < -0.4 is 5.32 Å². The number of hydrogen-bond acceptors (Lipinski definition) is 2. The molecule has 0 radical (unpaired) electrons. The van der Waals surface area contributed by atoms with Gasteiger partial charge in [0.1, 0.15) is 0 Å². The van der Waals surface area contributed by atoms with E-state index < -0.39 is 0 Å². The van der Waals surface area contributed by atoms with Crippen LogP contribution in [-0.4, -0.2) is 20.2 Å². The molecule has 1 fully saturated rings. The SMILES string of the molecule is CNCC1CCCOC1c1c(C)cc(C)cc1C. The summed E-state index contributed by atoms with van der Waals surface area (Å²) < 4.78 is 6.09. The first-order valence-corrected chi connectivity index (χ1v) is 6.97. The van der Waals surface area contributed by atoms with Gasteiger partial charge in [0, 0.05) is 19.1 Å². The first kappa shape index (κ1) is 13.6. The van der Waals surface area contributed by atoms with Crippen molar-refractivity contribution in [2.45, 2.75) is 39.7 Å². The van der Waals surface area contributed by atoms with Crippen LogP contribution in [0.3, 0.4) is 0 Å². The van der Waals surface area contributed by atoms with Gasteiger partial charge in [0.05, 0.1) is 6.10 Å². The zero-order chi connectivity index (χ0) is 13.1. The standard InChI is InChI=1S/C16H25NO/c1-11-8-12(2)15(13(3)9-11)16-14(10-17-4)6-5-7-18-16/h8-9,14,16-17H,5-7,10H2,1-4H3. The van der Waals surface area contributed by atoms with E-state index in [1.807, 2.05) is 7.05 Å². The number of ether oxygens (including phenoxy) is 1. The lowest BCUT2D eigenvalue weighted by Gasteiger charge is -2.34. The van der Waals surface area contributed by atoms with Crippen molar-refractivity contribution in [2.24, 2.45) is 5.92 Å². The summed E-state index contributed by atoms with van der Waals surface area (Å²) >= 11 is 0. The maximum Gasteiger partial charge on any atom is 0.0870 e. The van der Waals surface area contributed by atoms with Crippen LogP contribution in [0.2, 0.25) is 0 Å². The second-order valence-electron chi connectivity index (χ2n) is 5.56. The van der Waals surface area contributed by atoms with Crippen molar-refractivity contribution in [3.63, 3.8) is 0 Å². The zero-order valence-corrected chi connectivity index (χ0v) is 12.0. The van der Waals surface area contributed by atoms with Crippen LogP contribution in [-0.2, 0) is 4.74 Å². The second-order valence-corrected chi connectivity index (χ2v) is 5.56. The average molecular weight is 247 g/mol. The van der Waals surface area contributed by atoms with Crippen molar-refractivity contribution in [1.82, 2.24) is 5.32 Å². The molecule has 2 unspecified atom stereocenters. The molecule has 0 aliphatic carbocycles. The van der Waals surface area contributed by atoms with E-state index in [4.69, 9.17) is 4.74 Å². The van der Waals surface area contributed by atoms with Crippen LogP contribution in [0.4, 0.5) is 0 Å². The van der Waals surface area contributed by atoms with Gasteiger partial charge in [-0.05, 0) is 57.4 Å². The van der Waals surface area contributed by atoms with E-state index in [-0.39, 0.29) is 6.10 Å². The van der Waals surface area contributed by atoms with E-state index in [1.165, 1.54) is 35.1 Å². The predicted molar refractivity (Wildman–Crippen MR) is 76.0 cm³/mol. The highest BCUT2D eigenvalue weighted by Crippen LogP contribution is 2.36. The van der Waals surface area contributed by atoms with Gasteiger partial charge in [-0.2, -0.15) is 0 Å². The van der Waals surface area contributed by atoms with Crippen LogP contribution in [0.15, 0.2) is 12.1 Å². The van der Waals surface area contributed by atoms with Crippen molar-refractivity contribution < 1.29 is 4.74 Å². The molecule has 1 saturated heterocycles. The molecule has 2 heteroatoms. The normalized spacial score (nSPS) is 24.2. The Kier molecular flexibility index (Phi) is 4.41. The van der Waals surface area contributed by atoms with Gasteiger partial charge in [0.25, 0.3) is 0 Å². The Hall–Kier alpha value is -0.860. The third kappa shape index (κ3) is 2.76. The van der Waals surface area contributed by atoms with Crippen molar-refractivity contribution in [2.75, 3.05) is 20.2 Å². The lowest BCUT2D eigenvalue weighted by Crippen LogP contribution is -2.31. The summed E-state index contributed by atoms with van der Waals surface area (Å²) in [5.41, 5.74) is 5.51. The summed E-state index contributed by atoms with van der Waals surface area (Å²) in [5.74, 6) is 0.601. The largest absolute Gasteiger partial charge is 0.373 e. The molecular formula is C16H25NO. The van der Waals surface area contributed by atoms with E-state index in [0.717, 1.165) is 13.2 Å². The van der Waals surface area contributed by atoms with Crippen LogP contribution in [0.5, 0.6) is 0 Å². The van der Waals surface area contributed by atoms with Crippen molar-refractivity contribution in [1.29, 1.82) is 0 Å². The van der Waals surface area contributed by atoms with Crippen molar-refractivity contribution in [3.8, 4) is 0 Å². The van der Waals surface area contributed by atoms with E-state index in [0.29, 0.717) is 5.92 Å². The molecule has 100 valence electrons. The lowest BCUT2D eigenvalue weighted by molar-refractivity contribution is -0.0279. The molecule has 1 aliphatic heterocycles. The van der Waals surface area contributed by atoms with Gasteiger partial charge in [-0.3, -0.25) is 0 Å². The minimum Gasteiger partial charge on any atom is -0.373 e. The van der Waals surface area contributed by atoms with Crippen LogP contribution in [0.1, 0.15) is 41.2 Å². The average Bonchev–Trinajstić information content (AvgIpc) is 2.30. The van der Waals surface area contributed by atoms with Crippen LogP contribution in [0, 0.1) is 26.7 Å². The molecule has 0 aromatic heterocycles. The minimum absolute atomic E-state index is 0.270. The summed E-state index contributed by atoms with van der Waals surface area (Å²) in [7, 11) is 2.03. The Morgan fingerprint density at radius 2 is 1.89 bits per heavy atom. The van der Waals surface area contributed by atoms with Gasteiger partial charge in [0.15, 0.2) is 0 Å². The highest BCUT2D eigenvalue weighted by Gasteiger charge is 2.29. The third-order valence-corrected chi connectivity index (χ3v) is 3.93. The maximum absolute atomic E-state index is 6.09. The molecule has 1 aromatic rings.